The maximum Gasteiger partial charge on any atom is 0.255 e. The molecule has 0 unspecified atom stereocenters. The van der Waals surface area contributed by atoms with Gasteiger partial charge in [-0.3, -0.25) is 4.79 Å². The van der Waals surface area contributed by atoms with E-state index >= 15 is 0 Å². The zero-order valence-corrected chi connectivity index (χ0v) is 17.0. The van der Waals surface area contributed by atoms with Gasteiger partial charge in [-0.1, -0.05) is 24.6 Å². The Kier molecular flexibility index (Phi) is 6.36. The number of anilines is 1. The van der Waals surface area contributed by atoms with Gasteiger partial charge in [-0.25, -0.2) is 8.42 Å². The van der Waals surface area contributed by atoms with E-state index in [9.17, 15) is 13.2 Å². The molecule has 1 amide bonds. The first kappa shape index (κ1) is 20.4. The van der Waals surface area contributed by atoms with Crippen LogP contribution in [0.3, 0.4) is 0 Å². The lowest BCUT2D eigenvalue weighted by Crippen LogP contribution is -2.35. The summed E-state index contributed by atoms with van der Waals surface area (Å²) in [5, 5.41) is 2.82. The standard InChI is InChI=1S/C21H26N2O4S/c1-16(2)27-20-12-5-4-11-19(20)22-21(24)17-9-8-10-18(15-17)28(25,26)23-13-6-3-7-14-23/h4-5,8-12,15-16H,3,6-7,13-14H2,1-2H3,(H,22,24). The number of piperidine rings is 1. The van der Waals surface area contributed by atoms with Gasteiger partial charge in [-0.2, -0.15) is 4.31 Å². The predicted octanol–water partition coefficient (Wildman–Crippen LogP) is 3.90. The van der Waals surface area contributed by atoms with Gasteiger partial charge >= 0.3 is 0 Å². The van der Waals surface area contributed by atoms with Crippen molar-refractivity contribution in [1.82, 2.24) is 4.31 Å². The second kappa shape index (κ2) is 8.75. The van der Waals surface area contributed by atoms with Gasteiger partial charge in [0, 0.05) is 18.7 Å². The molecule has 1 aliphatic heterocycles. The summed E-state index contributed by atoms with van der Waals surface area (Å²) in [5.41, 5.74) is 0.836. The number of hydrogen-bond acceptors (Lipinski definition) is 4. The summed E-state index contributed by atoms with van der Waals surface area (Å²) in [6, 6.07) is 13.4. The van der Waals surface area contributed by atoms with Crippen LogP contribution in [0.4, 0.5) is 5.69 Å². The Labute approximate surface area is 166 Å². The number of hydrogen-bond donors (Lipinski definition) is 1. The van der Waals surface area contributed by atoms with E-state index < -0.39 is 10.0 Å². The van der Waals surface area contributed by atoms with E-state index in [1.165, 1.54) is 16.4 Å². The number of nitrogens with one attached hydrogen (secondary N) is 1. The van der Waals surface area contributed by atoms with Gasteiger partial charge in [0.05, 0.1) is 16.7 Å². The Morgan fingerprint density at radius 1 is 1.04 bits per heavy atom. The molecule has 1 aliphatic rings. The molecule has 1 heterocycles. The van der Waals surface area contributed by atoms with Crippen molar-refractivity contribution in [2.75, 3.05) is 18.4 Å². The quantitative estimate of drug-likeness (QED) is 0.795. The van der Waals surface area contributed by atoms with Crippen molar-refractivity contribution in [1.29, 1.82) is 0 Å². The van der Waals surface area contributed by atoms with Gasteiger partial charge < -0.3 is 10.1 Å². The highest BCUT2D eigenvalue weighted by atomic mass is 32.2. The van der Waals surface area contributed by atoms with Gasteiger partial charge in [0.15, 0.2) is 0 Å². The minimum atomic E-state index is -3.59. The lowest BCUT2D eigenvalue weighted by molar-refractivity contribution is 0.102. The largest absolute Gasteiger partial charge is 0.489 e. The number of amides is 1. The van der Waals surface area contributed by atoms with Crippen LogP contribution in [0.2, 0.25) is 0 Å². The molecule has 0 bridgehead atoms. The Balaban J connectivity index is 1.82. The molecule has 6 nitrogen and oxygen atoms in total. The van der Waals surface area contributed by atoms with Crippen molar-refractivity contribution in [3.05, 3.63) is 54.1 Å². The summed E-state index contributed by atoms with van der Waals surface area (Å²) in [6.45, 7) is 4.87. The monoisotopic (exact) mass is 402 g/mol. The number of nitrogens with zero attached hydrogens (tertiary/aromatic N) is 1. The highest BCUT2D eigenvalue weighted by Crippen LogP contribution is 2.26. The molecule has 0 saturated carbocycles. The molecule has 0 spiro atoms. The number of sulfonamides is 1. The number of carbonyl (C=O) groups excluding carboxylic acids is 1. The Morgan fingerprint density at radius 2 is 1.75 bits per heavy atom. The minimum Gasteiger partial charge on any atom is -0.489 e. The first-order chi connectivity index (χ1) is 13.4. The molecular formula is C21H26N2O4S. The van der Waals surface area contributed by atoms with E-state index in [1.54, 1.807) is 30.3 Å². The van der Waals surface area contributed by atoms with Gasteiger partial charge in [0.1, 0.15) is 5.75 Å². The van der Waals surface area contributed by atoms with E-state index in [4.69, 9.17) is 4.74 Å². The second-order valence-corrected chi connectivity index (χ2v) is 9.05. The number of rotatable bonds is 6. The van der Waals surface area contributed by atoms with Crippen LogP contribution in [-0.4, -0.2) is 37.8 Å². The second-order valence-electron chi connectivity index (χ2n) is 7.11. The molecule has 0 radical (unpaired) electrons. The summed E-state index contributed by atoms with van der Waals surface area (Å²) in [6.07, 6.45) is 2.75. The zero-order chi connectivity index (χ0) is 20.1. The Bertz CT molecular complexity index is 935. The average molecular weight is 403 g/mol. The molecular weight excluding hydrogens is 376 g/mol. The molecule has 1 fully saturated rings. The lowest BCUT2D eigenvalue weighted by Gasteiger charge is -2.26. The smallest absolute Gasteiger partial charge is 0.255 e. The van der Waals surface area contributed by atoms with Crippen LogP contribution in [0, 0.1) is 0 Å². The third kappa shape index (κ3) is 4.72. The first-order valence-electron chi connectivity index (χ1n) is 9.55. The van der Waals surface area contributed by atoms with Gasteiger partial charge in [-0.05, 0) is 57.0 Å². The SMILES string of the molecule is CC(C)Oc1ccccc1NC(=O)c1cccc(S(=O)(=O)N2CCCCC2)c1. The van der Waals surface area contributed by atoms with Crippen molar-refractivity contribution in [2.24, 2.45) is 0 Å². The fourth-order valence-corrected chi connectivity index (χ4v) is 4.74. The van der Waals surface area contributed by atoms with Crippen molar-refractivity contribution < 1.29 is 17.9 Å². The molecule has 1 N–H and O–H groups in total. The molecule has 3 rings (SSSR count). The predicted molar refractivity (Wildman–Crippen MR) is 109 cm³/mol. The summed E-state index contributed by atoms with van der Waals surface area (Å²) in [5.74, 6) is 0.193. The minimum absolute atomic E-state index is 0.0314. The lowest BCUT2D eigenvalue weighted by atomic mass is 10.2. The summed E-state index contributed by atoms with van der Waals surface area (Å²) >= 11 is 0. The van der Waals surface area contributed by atoms with E-state index in [2.05, 4.69) is 5.32 Å². The highest BCUT2D eigenvalue weighted by Gasteiger charge is 2.26. The van der Waals surface area contributed by atoms with Crippen LogP contribution in [0.5, 0.6) is 5.75 Å². The molecule has 7 heteroatoms. The summed E-state index contributed by atoms with van der Waals surface area (Å²) in [7, 11) is -3.59. The molecule has 0 atom stereocenters. The van der Waals surface area contributed by atoms with Gasteiger partial charge in [-0.15, -0.1) is 0 Å². The van der Waals surface area contributed by atoms with Crippen molar-refractivity contribution in [2.45, 2.75) is 44.1 Å². The maximum absolute atomic E-state index is 12.9. The summed E-state index contributed by atoms with van der Waals surface area (Å²) in [4.78, 5) is 12.9. The molecule has 2 aromatic carbocycles. The topological polar surface area (TPSA) is 75.7 Å². The normalized spacial score (nSPS) is 15.4. The van der Waals surface area contributed by atoms with Crippen LogP contribution in [-0.2, 0) is 10.0 Å². The molecule has 0 aliphatic carbocycles. The van der Waals surface area contributed by atoms with Gasteiger partial charge in [0.2, 0.25) is 10.0 Å². The fourth-order valence-electron chi connectivity index (χ4n) is 3.17. The zero-order valence-electron chi connectivity index (χ0n) is 16.2. The van der Waals surface area contributed by atoms with Crippen LogP contribution in [0.25, 0.3) is 0 Å². The van der Waals surface area contributed by atoms with Crippen LogP contribution >= 0.6 is 0 Å². The first-order valence-corrected chi connectivity index (χ1v) is 11.0. The number of carbonyl (C=O) groups is 1. The third-order valence-corrected chi connectivity index (χ3v) is 6.44. The molecule has 1 saturated heterocycles. The molecule has 0 aromatic heterocycles. The highest BCUT2D eigenvalue weighted by molar-refractivity contribution is 7.89. The van der Waals surface area contributed by atoms with Gasteiger partial charge in [0.25, 0.3) is 5.91 Å². The number of ether oxygens (including phenoxy) is 1. The molecule has 2 aromatic rings. The van der Waals surface area contributed by atoms with E-state index in [1.807, 2.05) is 19.9 Å². The van der Waals surface area contributed by atoms with E-state index in [-0.39, 0.29) is 22.5 Å². The van der Waals surface area contributed by atoms with Crippen LogP contribution in [0.15, 0.2) is 53.4 Å². The fraction of sp³-hybridized carbons (Fsp3) is 0.381. The number of benzene rings is 2. The third-order valence-electron chi connectivity index (χ3n) is 4.55. The maximum atomic E-state index is 12.9. The van der Waals surface area contributed by atoms with Crippen molar-refractivity contribution in [3.63, 3.8) is 0 Å². The average Bonchev–Trinajstić information content (AvgIpc) is 2.70. The van der Waals surface area contributed by atoms with Crippen molar-refractivity contribution >= 4 is 21.6 Å². The van der Waals surface area contributed by atoms with Crippen LogP contribution < -0.4 is 10.1 Å². The molecule has 28 heavy (non-hydrogen) atoms. The molecule has 150 valence electrons. The van der Waals surface area contributed by atoms with Crippen molar-refractivity contribution in [3.8, 4) is 5.75 Å². The Morgan fingerprint density at radius 3 is 2.46 bits per heavy atom. The Hall–Kier alpha value is -2.38. The van der Waals surface area contributed by atoms with Crippen LogP contribution in [0.1, 0.15) is 43.5 Å². The van der Waals surface area contributed by atoms with E-state index in [0.717, 1.165) is 19.3 Å². The van der Waals surface area contributed by atoms with E-state index in [0.29, 0.717) is 24.5 Å². The summed E-state index contributed by atoms with van der Waals surface area (Å²) < 4.78 is 33.0. The number of para-hydroxylation sites is 2.